The summed E-state index contributed by atoms with van der Waals surface area (Å²) in [7, 11) is 2.18. The van der Waals surface area contributed by atoms with Crippen LogP contribution in [-0.4, -0.2) is 35.7 Å². The Morgan fingerprint density at radius 1 is 1.00 bits per heavy atom. The van der Waals surface area contributed by atoms with Crippen LogP contribution in [0.5, 0.6) is 0 Å². The van der Waals surface area contributed by atoms with Crippen molar-refractivity contribution in [2.45, 2.75) is 39.2 Å². The van der Waals surface area contributed by atoms with Crippen LogP contribution in [0.15, 0.2) is 0 Å². The first kappa shape index (κ1) is 9.01. The van der Waals surface area contributed by atoms with E-state index in [1.165, 1.54) is 25.9 Å². The number of nitrogens with zero attached hydrogens (tertiary/aromatic N) is 2. The molecule has 0 N–H and O–H groups in total. The second kappa shape index (κ2) is 3.11. The molecule has 2 heteroatoms. The minimum Gasteiger partial charge on any atom is -0.244 e. The molecule has 0 amide bonds. The average Bonchev–Trinajstić information content (AvgIpc) is 1.86. The SMILES string of the molecule is CN1CCCCN1C(C)(C)C. The third-order valence-corrected chi connectivity index (χ3v) is 2.29. The lowest BCUT2D eigenvalue weighted by molar-refractivity contribution is -0.0925. The van der Waals surface area contributed by atoms with Crippen LogP contribution in [0.2, 0.25) is 0 Å². The molecule has 0 aliphatic carbocycles. The molecular formula is C9H20N2. The van der Waals surface area contributed by atoms with Crippen LogP contribution in [0, 0.1) is 0 Å². The van der Waals surface area contributed by atoms with E-state index in [0.717, 1.165) is 0 Å². The molecule has 0 bridgehead atoms. The van der Waals surface area contributed by atoms with Gasteiger partial charge in [-0.1, -0.05) is 0 Å². The highest BCUT2D eigenvalue weighted by atomic mass is 15.6. The Bertz CT molecular complexity index is 126. The van der Waals surface area contributed by atoms with Crippen LogP contribution in [0.25, 0.3) is 0 Å². The maximum atomic E-state index is 2.45. The molecule has 0 aromatic heterocycles. The fourth-order valence-corrected chi connectivity index (χ4v) is 1.74. The molecule has 1 aliphatic rings. The predicted molar refractivity (Wildman–Crippen MR) is 48.3 cm³/mol. The van der Waals surface area contributed by atoms with Gasteiger partial charge in [-0.25, -0.2) is 10.0 Å². The van der Waals surface area contributed by atoms with Crippen molar-refractivity contribution in [3.05, 3.63) is 0 Å². The Morgan fingerprint density at radius 2 is 1.55 bits per heavy atom. The number of hydrazine groups is 1. The maximum absolute atomic E-state index is 2.45. The zero-order valence-corrected chi connectivity index (χ0v) is 8.22. The predicted octanol–water partition coefficient (Wildman–Crippen LogP) is 1.73. The fourth-order valence-electron chi connectivity index (χ4n) is 1.74. The molecule has 66 valence electrons. The van der Waals surface area contributed by atoms with Gasteiger partial charge in [-0.15, -0.1) is 0 Å². The van der Waals surface area contributed by atoms with E-state index in [1.807, 2.05) is 0 Å². The molecular weight excluding hydrogens is 136 g/mol. The Labute approximate surface area is 70.1 Å². The monoisotopic (exact) mass is 156 g/mol. The van der Waals surface area contributed by atoms with Crippen molar-refractivity contribution in [3.8, 4) is 0 Å². The lowest BCUT2D eigenvalue weighted by Gasteiger charge is -2.44. The molecule has 1 saturated heterocycles. The standard InChI is InChI=1S/C9H20N2/c1-9(2,3)11-8-6-5-7-10(11)4/h5-8H2,1-4H3. The maximum Gasteiger partial charge on any atom is 0.0272 e. The third kappa shape index (κ3) is 2.17. The number of rotatable bonds is 0. The molecule has 1 fully saturated rings. The molecule has 0 unspecified atom stereocenters. The Kier molecular flexibility index (Phi) is 2.55. The van der Waals surface area contributed by atoms with Crippen molar-refractivity contribution in [3.63, 3.8) is 0 Å². The third-order valence-electron chi connectivity index (χ3n) is 2.29. The largest absolute Gasteiger partial charge is 0.244 e. The quantitative estimate of drug-likeness (QED) is 0.527. The van der Waals surface area contributed by atoms with Crippen LogP contribution >= 0.6 is 0 Å². The molecule has 1 rings (SSSR count). The highest BCUT2D eigenvalue weighted by Crippen LogP contribution is 2.19. The first-order valence-electron chi connectivity index (χ1n) is 4.50. The summed E-state index contributed by atoms with van der Waals surface area (Å²) in [4.78, 5) is 0. The average molecular weight is 156 g/mol. The molecule has 0 atom stereocenters. The molecule has 0 aromatic carbocycles. The van der Waals surface area contributed by atoms with E-state index < -0.39 is 0 Å². The van der Waals surface area contributed by atoms with Crippen molar-refractivity contribution in [1.29, 1.82) is 0 Å². The van der Waals surface area contributed by atoms with Crippen LogP contribution in [0.3, 0.4) is 0 Å². The fraction of sp³-hybridized carbons (Fsp3) is 1.00. The normalized spacial score (nSPS) is 24.0. The van der Waals surface area contributed by atoms with Gasteiger partial charge in [0.1, 0.15) is 0 Å². The minimum absolute atomic E-state index is 0.301. The second-order valence-electron chi connectivity index (χ2n) is 4.38. The second-order valence-corrected chi connectivity index (χ2v) is 4.38. The van der Waals surface area contributed by atoms with E-state index in [9.17, 15) is 0 Å². The van der Waals surface area contributed by atoms with Gasteiger partial charge in [-0.05, 0) is 33.6 Å². The van der Waals surface area contributed by atoms with Gasteiger partial charge >= 0.3 is 0 Å². The van der Waals surface area contributed by atoms with E-state index in [2.05, 4.69) is 37.8 Å². The van der Waals surface area contributed by atoms with Crippen LogP contribution in [-0.2, 0) is 0 Å². The number of hydrogen-bond acceptors (Lipinski definition) is 2. The summed E-state index contributed by atoms with van der Waals surface area (Å²) >= 11 is 0. The van der Waals surface area contributed by atoms with E-state index >= 15 is 0 Å². The van der Waals surface area contributed by atoms with Gasteiger partial charge in [0, 0.05) is 25.7 Å². The summed E-state index contributed by atoms with van der Waals surface area (Å²) in [5.74, 6) is 0. The molecule has 11 heavy (non-hydrogen) atoms. The van der Waals surface area contributed by atoms with E-state index in [4.69, 9.17) is 0 Å². The first-order valence-corrected chi connectivity index (χ1v) is 4.50. The Hall–Kier alpha value is -0.0800. The van der Waals surface area contributed by atoms with Crippen LogP contribution < -0.4 is 0 Å². The van der Waals surface area contributed by atoms with Crippen molar-refractivity contribution in [2.75, 3.05) is 20.1 Å². The molecule has 2 nitrogen and oxygen atoms in total. The summed E-state index contributed by atoms with van der Waals surface area (Å²) in [6.45, 7) is 9.26. The van der Waals surface area contributed by atoms with Crippen molar-refractivity contribution >= 4 is 0 Å². The van der Waals surface area contributed by atoms with Crippen molar-refractivity contribution < 1.29 is 0 Å². The van der Waals surface area contributed by atoms with Crippen molar-refractivity contribution in [2.24, 2.45) is 0 Å². The van der Waals surface area contributed by atoms with Gasteiger partial charge in [0.25, 0.3) is 0 Å². The number of hydrogen-bond donors (Lipinski definition) is 0. The molecule has 1 aliphatic heterocycles. The lowest BCUT2D eigenvalue weighted by Crippen LogP contribution is -2.54. The zero-order chi connectivity index (χ0) is 8.48. The van der Waals surface area contributed by atoms with Crippen molar-refractivity contribution in [1.82, 2.24) is 10.0 Å². The smallest absolute Gasteiger partial charge is 0.0272 e. The molecule has 0 radical (unpaired) electrons. The summed E-state index contributed by atoms with van der Waals surface area (Å²) in [6, 6.07) is 0. The van der Waals surface area contributed by atoms with Gasteiger partial charge in [0.05, 0.1) is 0 Å². The Balaban J connectivity index is 2.55. The minimum atomic E-state index is 0.301. The molecule has 0 spiro atoms. The van der Waals surface area contributed by atoms with Gasteiger partial charge < -0.3 is 0 Å². The van der Waals surface area contributed by atoms with Gasteiger partial charge in [0.15, 0.2) is 0 Å². The first-order chi connectivity index (χ1) is 5.02. The molecule has 0 saturated carbocycles. The van der Waals surface area contributed by atoms with E-state index in [1.54, 1.807) is 0 Å². The van der Waals surface area contributed by atoms with Crippen LogP contribution in [0.4, 0.5) is 0 Å². The lowest BCUT2D eigenvalue weighted by atomic mass is 10.1. The zero-order valence-electron chi connectivity index (χ0n) is 8.22. The topological polar surface area (TPSA) is 6.48 Å². The molecule has 1 heterocycles. The summed E-state index contributed by atoms with van der Waals surface area (Å²) < 4.78 is 0. The molecule has 0 aromatic rings. The highest BCUT2D eigenvalue weighted by Gasteiger charge is 2.26. The Morgan fingerprint density at radius 3 is 1.91 bits per heavy atom. The van der Waals surface area contributed by atoms with E-state index in [0.29, 0.717) is 5.54 Å². The van der Waals surface area contributed by atoms with Crippen LogP contribution in [0.1, 0.15) is 33.6 Å². The highest BCUT2D eigenvalue weighted by molar-refractivity contribution is 4.76. The van der Waals surface area contributed by atoms with Gasteiger partial charge in [-0.2, -0.15) is 0 Å². The van der Waals surface area contributed by atoms with Gasteiger partial charge in [-0.3, -0.25) is 0 Å². The summed E-state index contributed by atoms with van der Waals surface area (Å²) in [5, 5.41) is 4.81. The van der Waals surface area contributed by atoms with E-state index in [-0.39, 0.29) is 0 Å². The summed E-state index contributed by atoms with van der Waals surface area (Å²) in [6.07, 6.45) is 2.70. The van der Waals surface area contributed by atoms with Gasteiger partial charge in [0.2, 0.25) is 0 Å². The summed E-state index contributed by atoms with van der Waals surface area (Å²) in [5.41, 5.74) is 0.301.